The van der Waals surface area contributed by atoms with E-state index in [1.807, 2.05) is 12.1 Å². The topological polar surface area (TPSA) is 29.9 Å². The second-order valence-corrected chi connectivity index (χ2v) is 6.09. The number of nitrogen functional groups attached to an aromatic ring is 1. The molecule has 27 heavy (non-hydrogen) atoms. The van der Waals surface area contributed by atoms with Crippen LogP contribution >= 0.6 is 0 Å². The summed E-state index contributed by atoms with van der Waals surface area (Å²) in [6.45, 7) is 0. The molecule has 0 amide bonds. The molecule has 0 saturated heterocycles. The van der Waals surface area contributed by atoms with Crippen molar-refractivity contribution < 1.29 is 21.8 Å². The molecule has 2 N–H and O–H groups in total. The van der Waals surface area contributed by atoms with Gasteiger partial charge in [-0.3, -0.25) is 0 Å². The molecule has 7 heteroatoms. The highest BCUT2D eigenvalue weighted by molar-refractivity contribution is 6.50. The molecule has 4 aromatic rings. The van der Waals surface area contributed by atoms with Gasteiger partial charge in [-0.25, -0.2) is 0 Å². The minimum atomic E-state index is -6.00. The van der Waals surface area contributed by atoms with Crippen LogP contribution in [0.2, 0.25) is 0 Å². The van der Waals surface area contributed by atoms with Crippen LogP contribution in [-0.4, -0.2) is 7.25 Å². The zero-order chi connectivity index (χ0) is 19.6. The zero-order valence-corrected chi connectivity index (χ0v) is 14.5. The molecule has 3 aromatic carbocycles. The summed E-state index contributed by atoms with van der Waals surface area (Å²) < 4.78 is 41.3. The van der Waals surface area contributed by atoms with E-state index < -0.39 is 7.25 Å². The number of nitrogens with two attached hydrogens (primary N) is 1. The van der Waals surface area contributed by atoms with Gasteiger partial charge in [0.25, 0.3) is 0 Å². The summed E-state index contributed by atoms with van der Waals surface area (Å²) in [6, 6.07) is 25.2. The van der Waals surface area contributed by atoms with Gasteiger partial charge in [0, 0.05) is 23.4 Å². The van der Waals surface area contributed by atoms with Gasteiger partial charge in [-0.1, -0.05) is 36.4 Å². The minimum absolute atomic E-state index is 0.791. The summed E-state index contributed by atoms with van der Waals surface area (Å²) in [5, 5.41) is 2.52. The Balaban J connectivity index is 0.000000376. The number of para-hydroxylation sites is 2. The van der Waals surface area contributed by atoms with Crippen molar-refractivity contribution in [2.75, 3.05) is 5.73 Å². The first-order valence-corrected chi connectivity index (χ1v) is 8.28. The van der Waals surface area contributed by atoms with E-state index in [1.54, 1.807) is 0 Å². The molecule has 0 spiro atoms. The van der Waals surface area contributed by atoms with Crippen molar-refractivity contribution in [3.05, 3.63) is 72.8 Å². The van der Waals surface area contributed by atoms with Crippen LogP contribution in [0.1, 0.15) is 0 Å². The Hall–Kier alpha value is -3.09. The molecule has 1 heterocycles. The Morgan fingerprint density at radius 1 is 0.704 bits per heavy atom. The first-order chi connectivity index (χ1) is 12.8. The summed E-state index contributed by atoms with van der Waals surface area (Å²) in [6.07, 6.45) is 0. The van der Waals surface area contributed by atoms with E-state index in [9.17, 15) is 17.3 Å². The Bertz CT molecular complexity index is 1030. The van der Waals surface area contributed by atoms with Crippen molar-refractivity contribution in [2.45, 2.75) is 0 Å². The molecule has 0 radical (unpaired) electrons. The summed E-state index contributed by atoms with van der Waals surface area (Å²) in [7, 11) is -3.88. The molecular formula is C20H17BF4N2. The highest BCUT2D eigenvalue weighted by atomic mass is 19.5. The summed E-state index contributed by atoms with van der Waals surface area (Å²) in [4.78, 5) is 0. The van der Waals surface area contributed by atoms with Crippen molar-refractivity contribution >= 4 is 34.7 Å². The Kier molecular flexibility index (Phi) is 5.03. The van der Waals surface area contributed by atoms with Gasteiger partial charge in [0.15, 0.2) is 0 Å². The fourth-order valence-electron chi connectivity index (χ4n) is 3.19. The second-order valence-electron chi connectivity index (χ2n) is 6.09. The fourth-order valence-corrected chi connectivity index (χ4v) is 3.19. The molecule has 0 fully saturated rings. The molecule has 0 atom stereocenters. The number of fused-ring (bicyclic) bond motifs is 2. The molecule has 0 aliphatic carbocycles. The van der Waals surface area contributed by atoms with E-state index in [4.69, 9.17) is 5.73 Å². The van der Waals surface area contributed by atoms with Gasteiger partial charge in [0.05, 0.1) is 10.8 Å². The quantitative estimate of drug-likeness (QED) is 0.157. The van der Waals surface area contributed by atoms with E-state index in [1.165, 1.54) is 32.9 Å². The molecule has 0 saturated carbocycles. The first kappa shape index (κ1) is 18.7. The molecule has 4 rings (SSSR count). The standard InChI is InChI=1S/C20H16N2.BF4/c1-22-18-8-4-2-6-16(18)20(14-10-12-15(21)13-11-14)17-7-3-5-9-19(17)22;2-1(3,4)5/h2-13,21H,1H3;/q;-1/p+1. The van der Waals surface area contributed by atoms with E-state index in [2.05, 4.69) is 72.3 Å². The van der Waals surface area contributed by atoms with Crippen LogP contribution in [-0.2, 0) is 7.05 Å². The molecule has 2 nitrogen and oxygen atoms in total. The number of nitrogens with zero attached hydrogens (tertiary/aromatic N) is 1. The lowest BCUT2D eigenvalue weighted by atomic mass is 9.95. The van der Waals surface area contributed by atoms with Gasteiger partial charge in [0.2, 0.25) is 11.0 Å². The molecular weight excluding hydrogens is 355 g/mol. The number of anilines is 1. The Labute approximate surface area is 154 Å². The van der Waals surface area contributed by atoms with Gasteiger partial charge >= 0.3 is 7.25 Å². The molecule has 138 valence electrons. The summed E-state index contributed by atoms with van der Waals surface area (Å²) in [5.74, 6) is 0. The molecule has 0 aliphatic heterocycles. The maximum Gasteiger partial charge on any atom is 0.673 e. The maximum absolute atomic E-state index is 9.75. The highest BCUT2D eigenvalue weighted by Gasteiger charge is 2.20. The Morgan fingerprint density at radius 3 is 1.56 bits per heavy atom. The number of rotatable bonds is 1. The number of aromatic nitrogens is 1. The predicted molar refractivity (Wildman–Crippen MR) is 103 cm³/mol. The van der Waals surface area contributed by atoms with Crippen molar-refractivity contribution in [2.24, 2.45) is 7.05 Å². The van der Waals surface area contributed by atoms with Gasteiger partial charge in [0.1, 0.15) is 7.05 Å². The second kappa shape index (κ2) is 7.27. The van der Waals surface area contributed by atoms with Crippen LogP contribution in [0.25, 0.3) is 32.9 Å². The fraction of sp³-hybridized carbons (Fsp3) is 0.0500. The number of aryl methyl sites for hydroxylation is 1. The molecule has 0 unspecified atom stereocenters. The lowest BCUT2D eigenvalue weighted by Gasteiger charge is -2.10. The van der Waals surface area contributed by atoms with E-state index in [0.717, 1.165) is 5.69 Å². The van der Waals surface area contributed by atoms with Crippen LogP contribution in [0.15, 0.2) is 72.8 Å². The summed E-state index contributed by atoms with van der Waals surface area (Å²) >= 11 is 0. The lowest BCUT2D eigenvalue weighted by Crippen LogP contribution is -2.30. The Morgan fingerprint density at radius 2 is 1.11 bits per heavy atom. The van der Waals surface area contributed by atoms with Crippen molar-refractivity contribution in [1.82, 2.24) is 0 Å². The number of hydrogen-bond acceptors (Lipinski definition) is 1. The van der Waals surface area contributed by atoms with E-state index in [-0.39, 0.29) is 0 Å². The van der Waals surface area contributed by atoms with Gasteiger partial charge in [-0.15, -0.1) is 0 Å². The van der Waals surface area contributed by atoms with Crippen LogP contribution in [0, 0.1) is 0 Å². The number of benzene rings is 3. The predicted octanol–water partition coefficient (Wildman–Crippen LogP) is 5.37. The van der Waals surface area contributed by atoms with Gasteiger partial charge in [-0.2, -0.15) is 4.57 Å². The highest BCUT2D eigenvalue weighted by Crippen LogP contribution is 2.33. The van der Waals surface area contributed by atoms with Gasteiger partial charge in [-0.05, 0) is 29.8 Å². The van der Waals surface area contributed by atoms with Crippen LogP contribution in [0.4, 0.5) is 23.0 Å². The minimum Gasteiger partial charge on any atom is -0.418 e. The number of hydrogen-bond donors (Lipinski definition) is 1. The number of halogens is 4. The van der Waals surface area contributed by atoms with Gasteiger partial charge < -0.3 is 23.0 Å². The molecule has 0 aliphatic rings. The van der Waals surface area contributed by atoms with E-state index >= 15 is 0 Å². The summed E-state index contributed by atoms with van der Waals surface area (Å²) in [5.41, 5.74) is 11.6. The molecule has 0 bridgehead atoms. The zero-order valence-electron chi connectivity index (χ0n) is 14.5. The average Bonchev–Trinajstić information content (AvgIpc) is 2.62. The first-order valence-electron chi connectivity index (χ1n) is 8.28. The normalized spacial score (nSPS) is 11.3. The number of pyridine rings is 1. The third-order valence-corrected chi connectivity index (χ3v) is 4.27. The average molecular weight is 372 g/mol. The third kappa shape index (κ3) is 4.19. The monoisotopic (exact) mass is 372 g/mol. The van der Waals surface area contributed by atoms with Crippen LogP contribution in [0.3, 0.4) is 0 Å². The largest absolute Gasteiger partial charge is 0.673 e. The van der Waals surface area contributed by atoms with Crippen LogP contribution in [0.5, 0.6) is 0 Å². The van der Waals surface area contributed by atoms with Crippen molar-refractivity contribution in [3.63, 3.8) is 0 Å². The van der Waals surface area contributed by atoms with Crippen LogP contribution < -0.4 is 10.3 Å². The van der Waals surface area contributed by atoms with E-state index in [0.29, 0.717) is 0 Å². The lowest BCUT2D eigenvalue weighted by molar-refractivity contribution is -0.617. The SMILES string of the molecule is C[n+]1c2ccccc2c(-c2ccc(N)cc2)c2ccccc21.F[B-](F)(F)F. The van der Waals surface area contributed by atoms with Crippen molar-refractivity contribution in [3.8, 4) is 11.1 Å². The third-order valence-electron chi connectivity index (χ3n) is 4.27. The smallest absolute Gasteiger partial charge is 0.418 e. The molecule has 1 aromatic heterocycles. The maximum atomic E-state index is 9.75. The van der Waals surface area contributed by atoms with Crippen molar-refractivity contribution in [1.29, 1.82) is 0 Å².